The molecule has 0 aromatic carbocycles. The molecule has 1 aromatic rings. The normalized spacial score (nSPS) is 12.8. The van der Waals surface area contributed by atoms with E-state index in [0.29, 0.717) is 6.04 Å². The van der Waals surface area contributed by atoms with Gasteiger partial charge in [-0.05, 0) is 27.2 Å². The number of hydrogen-bond donors (Lipinski definition) is 0. The third kappa shape index (κ3) is 1.82. The zero-order valence-corrected chi connectivity index (χ0v) is 8.96. The molecule has 0 fully saturated rings. The predicted molar refractivity (Wildman–Crippen MR) is 56.9 cm³/mol. The summed E-state index contributed by atoms with van der Waals surface area (Å²) in [6, 6.07) is 0.459. The highest BCUT2D eigenvalue weighted by Crippen LogP contribution is 2.00. The van der Waals surface area contributed by atoms with E-state index in [1.165, 1.54) is 5.35 Å². The van der Waals surface area contributed by atoms with E-state index in [4.69, 9.17) is 0 Å². The zero-order chi connectivity index (χ0) is 10.0. The van der Waals surface area contributed by atoms with Crippen LogP contribution in [0.1, 0.15) is 39.1 Å². The summed E-state index contributed by atoms with van der Waals surface area (Å²) >= 11 is 0. The van der Waals surface area contributed by atoms with Crippen molar-refractivity contribution in [2.24, 2.45) is 0 Å². The molecule has 13 heavy (non-hydrogen) atoms. The molecule has 0 N–H and O–H groups in total. The molecule has 0 radical (unpaired) electrons. The zero-order valence-electron chi connectivity index (χ0n) is 8.96. The van der Waals surface area contributed by atoms with E-state index in [0.717, 1.165) is 17.6 Å². The molecular weight excluding hydrogens is 160 g/mol. The SMILES string of the molecule is C=c1nc(C)n(C(C)C)/c1=C/CC. The fourth-order valence-electron chi connectivity index (χ4n) is 1.68. The lowest BCUT2D eigenvalue weighted by Gasteiger charge is -2.09. The minimum Gasteiger partial charge on any atom is -0.326 e. The molecule has 2 nitrogen and oxygen atoms in total. The number of imidazole rings is 1. The van der Waals surface area contributed by atoms with Crippen molar-refractivity contribution in [3.05, 3.63) is 16.5 Å². The van der Waals surface area contributed by atoms with Gasteiger partial charge in [0.15, 0.2) is 0 Å². The first-order chi connectivity index (χ1) is 6.07. The largest absolute Gasteiger partial charge is 0.326 e. The van der Waals surface area contributed by atoms with Crippen LogP contribution in [-0.2, 0) is 0 Å². The van der Waals surface area contributed by atoms with E-state index in [1.54, 1.807) is 0 Å². The Hall–Kier alpha value is -1.05. The van der Waals surface area contributed by atoms with Gasteiger partial charge in [-0.3, -0.25) is 0 Å². The lowest BCUT2D eigenvalue weighted by Crippen LogP contribution is -2.30. The first-order valence-corrected chi connectivity index (χ1v) is 4.81. The van der Waals surface area contributed by atoms with Crippen molar-refractivity contribution in [3.63, 3.8) is 0 Å². The summed E-state index contributed by atoms with van der Waals surface area (Å²) in [6.07, 6.45) is 3.21. The lowest BCUT2D eigenvalue weighted by molar-refractivity contribution is 0.568. The van der Waals surface area contributed by atoms with Crippen LogP contribution in [0.25, 0.3) is 12.7 Å². The molecule has 2 heteroatoms. The highest BCUT2D eigenvalue weighted by atomic mass is 15.1. The molecule has 0 saturated carbocycles. The highest BCUT2D eigenvalue weighted by Gasteiger charge is 2.04. The van der Waals surface area contributed by atoms with Crippen LogP contribution in [0.5, 0.6) is 0 Å². The second-order valence-electron chi connectivity index (χ2n) is 3.57. The monoisotopic (exact) mass is 178 g/mol. The van der Waals surface area contributed by atoms with Crippen molar-refractivity contribution < 1.29 is 0 Å². The van der Waals surface area contributed by atoms with Gasteiger partial charge in [-0.1, -0.05) is 19.6 Å². The van der Waals surface area contributed by atoms with Gasteiger partial charge in [0.25, 0.3) is 0 Å². The first kappa shape index (κ1) is 10.0. The summed E-state index contributed by atoms with van der Waals surface area (Å²) in [5, 5.41) is 2.07. The molecule has 0 saturated heterocycles. The Labute approximate surface area is 79.6 Å². The fourth-order valence-corrected chi connectivity index (χ4v) is 1.68. The number of rotatable bonds is 2. The van der Waals surface area contributed by atoms with Crippen LogP contribution in [0, 0.1) is 6.92 Å². The van der Waals surface area contributed by atoms with Crippen LogP contribution in [0.4, 0.5) is 0 Å². The second-order valence-corrected chi connectivity index (χ2v) is 3.57. The first-order valence-electron chi connectivity index (χ1n) is 4.81. The Morgan fingerprint density at radius 2 is 2.15 bits per heavy atom. The molecule has 0 unspecified atom stereocenters. The van der Waals surface area contributed by atoms with E-state index >= 15 is 0 Å². The van der Waals surface area contributed by atoms with Crippen molar-refractivity contribution in [2.75, 3.05) is 0 Å². The summed E-state index contributed by atoms with van der Waals surface area (Å²) in [7, 11) is 0. The lowest BCUT2D eigenvalue weighted by atomic mass is 10.3. The average molecular weight is 178 g/mol. The molecule has 0 aliphatic heterocycles. The highest BCUT2D eigenvalue weighted by molar-refractivity contribution is 5.21. The standard InChI is InChI=1S/C11H18N2/c1-6-7-11-9(4)12-10(5)13(11)8(2)3/h7-8H,4,6H2,1-3,5H3/b11-7+. The Bertz CT molecular complexity index is 385. The molecule has 0 bridgehead atoms. The summed E-state index contributed by atoms with van der Waals surface area (Å²) in [5.41, 5.74) is 0. The Morgan fingerprint density at radius 1 is 1.54 bits per heavy atom. The number of nitrogens with zero attached hydrogens (tertiary/aromatic N) is 2. The van der Waals surface area contributed by atoms with Gasteiger partial charge in [-0.15, -0.1) is 0 Å². The van der Waals surface area contributed by atoms with Crippen LogP contribution in [0.2, 0.25) is 0 Å². The molecular formula is C11H18N2. The van der Waals surface area contributed by atoms with Gasteiger partial charge in [0.1, 0.15) is 5.82 Å². The van der Waals surface area contributed by atoms with E-state index < -0.39 is 0 Å². The molecule has 0 amide bonds. The van der Waals surface area contributed by atoms with Crippen LogP contribution in [0.3, 0.4) is 0 Å². The summed E-state index contributed by atoms with van der Waals surface area (Å²) in [4.78, 5) is 4.37. The van der Waals surface area contributed by atoms with Crippen molar-refractivity contribution in [1.82, 2.24) is 9.55 Å². The smallest absolute Gasteiger partial charge is 0.106 e. The van der Waals surface area contributed by atoms with E-state index in [1.807, 2.05) is 6.92 Å². The van der Waals surface area contributed by atoms with E-state index in [9.17, 15) is 0 Å². The number of aromatic nitrogens is 2. The fraction of sp³-hybridized carbons (Fsp3) is 0.545. The maximum atomic E-state index is 4.37. The molecule has 1 rings (SSSR count). The number of hydrogen-bond acceptors (Lipinski definition) is 1. The predicted octanol–water partition coefficient (Wildman–Crippen LogP) is 1.37. The Balaban J connectivity index is 3.48. The van der Waals surface area contributed by atoms with Crippen LogP contribution < -0.4 is 10.7 Å². The van der Waals surface area contributed by atoms with Crippen LogP contribution in [0.15, 0.2) is 0 Å². The Morgan fingerprint density at radius 3 is 2.62 bits per heavy atom. The van der Waals surface area contributed by atoms with Gasteiger partial charge < -0.3 is 4.57 Å². The topological polar surface area (TPSA) is 17.8 Å². The van der Waals surface area contributed by atoms with Gasteiger partial charge in [0.2, 0.25) is 0 Å². The van der Waals surface area contributed by atoms with Gasteiger partial charge in [0.05, 0.1) is 10.7 Å². The Kier molecular flexibility index (Phi) is 2.91. The summed E-state index contributed by atoms with van der Waals surface area (Å²) in [6.45, 7) is 12.4. The molecule has 0 aliphatic carbocycles. The van der Waals surface area contributed by atoms with Gasteiger partial charge >= 0.3 is 0 Å². The maximum absolute atomic E-state index is 4.37. The molecule has 72 valence electrons. The molecule has 0 atom stereocenters. The van der Waals surface area contributed by atoms with E-state index in [2.05, 4.69) is 43.0 Å². The minimum atomic E-state index is 0.459. The van der Waals surface area contributed by atoms with Crippen molar-refractivity contribution in [3.8, 4) is 0 Å². The number of aryl methyl sites for hydroxylation is 1. The maximum Gasteiger partial charge on any atom is 0.106 e. The second kappa shape index (κ2) is 3.77. The average Bonchev–Trinajstić information content (AvgIpc) is 2.27. The van der Waals surface area contributed by atoms with Crippen molar-refractivity contribution in [1.29, 1.82) is 0 Å². The van der Waals surface area contributed by atoms with Crippen molar-refractivity contribution >= 4 is 12.7 Å². The summed E-state index contributed by atoms with van der Waals surface area (Å²) in [5.74, 6) is 1.06. The van der Waals surface area contributed by atoms with Gasteiger partial charge in [-0.2, -0.15) is 0 Å². The minimum absolute atomic E-state index is 0.459. The third-order valence-corrected chi connectivity index (χ3v) is 2.11. The van der Waals surface area contributed by atoms with Crippen molar-refractivity contribution in [2.45, 2.75) is 40.2 Å². The van der Waals surface area contributed by atoms with Crippen LogP contribution >= 0.6 is 0 Å². The molecule has 0 spiro atoms. The summed E-state index contributed by atoms with van der Waals surface area (Å²) < 4.78 is 2.23. The molecule has 1 heterocycles. The van der Waals surface area contributed by atoms with Crippen LogP contribution in [-0.4, -0.2) is 9.55 Å². The quantitative estimate of drug-likeness (QED) is 0.669. The van der Waals surface area contributed by atoms with Gasteiger partial charge in [-0.25, -0.2) is 4.98 Å². The van der Waals surface area contributed by atoms with Gasteiger partial charge in [0, 0.05) is 6.04 Å². The molecule has 1 aromatic heterocycles. The third-order valence-electron chi connectivity index (χ3n) is 2.11. The van der Waals surface area contributed by atoms with E-state index in [-0.39, 0.29) is 0 Å². The molecule has 0 aliphatic rings.